The third-order valence-corrected chi connectivity index (χ3v) is 4.06. The van der Waals surface area contributed by atoms with Gasteiger partial charge in [0, 0.05) is 17.1 Å². The van der Waals surface area contributed by atoms with Gasteiger partial charge in [0.25, 0.3) is 0 Å². The molecule has 0 atom stereocenters. The Labute approximate surface area is 112 Å². The minimum absolute atomic E-state index is 0.118. The van der Waals surface area contributed by atoms with Gasteiger partial charge in [-0.2, -0.15) is 0 Å². The van der Waals surface area contributed by atoms with E-state index in [0.29, 0.717) is 6.54 Å². The number of carbonyl (C=O) groups excluding carboxylic acids is 1. The highest BCUT2D eigenvalue weighted by molar-refractivity contribution is 8.01. The number of thioether (sulfide) groups is 1. The van der Waals surface area contributed by atoms with Crippen LogP contribution in [0.1, 0.15) is 20.8 Å². The fourth-order valence-corrected chi connectivity index (χ4v) is 3.24. The molecule has 1 aliphatic rings. The highest BCUT2D eigenvalue weighted by Gasteiger charge is 2.39. The number of nitrogen functional groups attached to an aromatic ring is 1. The fraction of sp³-hybridized carbons (Fsp3) is 0.357. The van der Waals surface area contributed by atoms with E-state index in [9.17, 15) is 4.79 Å². The van der Waals surface area contributed by atoms with E-state index in [1.54, 1.807) is 16.7 Å². The van der Waals surface area contributed by atoms with Crippen LogP contribution in [0.4, 0.5) is 11.4 Å². The fourth-order valence-electron chi connectivity index (χ4n) is 2.02. The molecule has 4 heteroatoms. The number of fused-ring (bicyclic) bond motifs is 1. The van der Waals surface area contributed by atoms with Crippen molar-refractivity contribution in [2.75, 3.05) is 17.2 Å². The summed E-state index contributed by atoms with van der Waals surface area (Å²) >= 11 is 1.57. The highest BCUT2D eigenvalue weighted by Crippen LogP contribution is 2.45. The van der Waals surface area contributed by atoms with Crippen LogP contribution in [0.15, 0.2) is 35.2 Å². The van der Waals surface area contributed by atoms with Crippen LogP contribution in [0.5, 0.6) is 0 Å². The largest absolute Gasteiger partial charge is 0.399 e. The van der Waals surface area contributed by atoms with Crippen LogP contribution in [0.3, 0.4) is 0 Å². The van der Waals surface area contributed by atoms with Gasteiger partial charge in [0.15, 0.2) is 0 Å². The van der Waals surface area contributed by atoms with Crippen LogP contribution < -0.4 is 10.6 Å². The molecule has 2 N–H and O–H groups in total. The first kappa shape index (κ1) is 13.0. The lowest BCUT2D eigenvalue weighted by Crippen LogP contribution is -2.47. The number of nitrogens with zero attached hydrogens (tertiary/aromatic N) is 1. The minimum atomic E-state index is -0.462. The first-order valence-corrected chi connectivity index (χ1v) is 6.68. The Hall–Kier alpha value is -1.42. The van der Waals surface area contributed by atoms with Gasteiger partial charge in [-0.1, -0.05) is 12.2 Å². The molecule has 1 heterocycles. The van der Waals surface area contributed by atoms with Gasteiger partial charge in [-0.05, 0) is 39.0 Å². The number of hydrogen-bond acceptors (Lipinski definition) is 3. The third-order valence-electron chi connectivity index (χ3n) is 2.83. The summed E-state index contributed by atoms with van der Waals surface area (Å²) < 4.78 is -0.462. The number of carbonyl (C=O) groups is 1. The molecule has 0 spiro atoms. The lowest BCUT2D eigenvalue weighted by atomic mass is 10.1. The quantitative estimate of drug-likeness (QED) is 0.658. The van der Waals surface area contributed by atoms with Crippen molar-refractivity contribution in [2.45, 2.75) is 30.4 Å². The van der Waals surface area contributed by atoms with E-state index in [1.165, 1.54) is 0 Å². The zero-order chi connectivity index (χ0) is 13.5. The van der Waals surface area contributed by atoms with Crippen LogP contribution in [0.25, 0.3) is 0 Å². The molecule has 0 radical (unpaired) electrons. The number of amides is 1. The molecule has 1 amide bonds. The SMILES string of the molecule is C=C(C)CN1C(=O)C(C)(C)Sc2cc(N)ccc21. The first-order valence-electron chi connectivity index (χ1n) is 5.86. The summed E-state index contributed by atoms with van der Waals surface area (Å²) in [7, 11) is 0. The maximum atomic E-state index is 12.5. The van der Waals surface area contributed by atoms with Crippen LogP contribution in [-0.2, 0) is 4.79 Å². The third kappa shape index (κ3) is 2.25. The van der Waals surface area contributed by atoms with E-state index in [2.05, 4.69) is 6.58 Å². The summed E-state index contributed by atoms with van der Waals surface area (Å²) in [4.78, 5) is 15.3. The van der Waals surface area contributed by atoms with Gasteiger partial charge in [0.2, 0.25) is 5.91 Å². The summed E-state index contributed by atoms with van der Waals surface area (Å²) in [6, 6.07) is 5.67. The van der Waals surface area contributed by atoms with E-state index in [1.807, 2.05) is 39.0 Å². The van der Waals surface area contributed by atoms with E-state index in [-0.39, 0.29) is 5.91 Å². The molecule has 0 saturated heterocycles. The number of anilines is 2. The van der Waals surface area contributed by atoms with Crippen molar-refractivity contribution in [1.82, 2.24) is 0 Å². The zero-order valence-electron chi connectivity index (χ0n) is 11.0. The molecule has 0 fully saturated rings. The van der Waals surface area contributed by atoms with Gasteiger partial charge in [0.1, 0.15) is 0 Å². The Morgan fingerprint density at radius 3 is 2.78 bits per heavy atom. The second kappa shape index (κ2) is 4.35. The predicted octanol–water partition coefficient (Wildman–Crippen LogP) is 3.06. The standard InChI is InChI=1S/C14H18N2OS/c1-9(2)8-16-11-6-5-10(15)7-12(11)18-14(3,4)13(16)17/h5-7H,1,8,15H2,2-4H3. The Kier molecular flexibility index (Phi) is 3.15. The number of benzene rings is 1. The maximum absolute atomic E-state index is 12.5. The minimum Gasteiger partial charge on any atom is -0.399 e. The van der Waals surface area contributed by atoms with E-state index < -0.39 is 4.75 Å². The van der Waals surface area contributed by atoms with Gasteiger partial charge >= 0.3 is 0 Å². The second-order valence-electron chi connectivity index (χ2n) is 5.19. The molecule has 0 saturated carbocycles. The van der Waals surface area contributed by atoms with Gasteiger partial charge in [-0.3, -0.25) is 4.79 Å². The van der Waals surface area contributed by atoms with Gasteiger partial charge < -0.3 is 10.6 Å². The molecular weight excluding hydrogens is 244 g/mol. The Morgan fingerprint density at radius 2 is 2.17 bits per heavy atom. The van der Waals surface area contributed by atoms with Crippen molar-refractivity contribution in [3.8, 4) is 0 Å². The molecule has 0 aliphatic carbocycles. The van der Waals surface area contributed by atoms with Gasteiger partial charge in [-0.25, -0.2) is 0 Å². The number of hydrogen-bond donors (Lipinski definition) is 1. The zero-order valence-corrected chi connectivity index (χ0v) is 11.8. The number of rotatable bonds is 2. The molecule has 3 nitrogen and oxygen atoms in total. The van der Waals surface area contributed by atoms with Crippen molar-refractivity contribution in [3.63, 3.8) is 0 Å². The van der Waals surface area contributed by atoms with Crippen LogP contribution >= 0.6 is 11.8 Å². The number of nitrogens with two attached hydrogens (primary N) is 1. The summed E-state index contributed by atoms with van der Waals surface area (Å²) in [5.41, 5.74) is 8.44. The highest BCUT2D eigenvalue weighted by atomic mass is 32.2. The summed E-state index contributed by atoms with van der Waals surface area (Å²) in [5.74, 6) is 0.118. The molecule has 0 aromatic heterocycles. The molecule has 1 aliphatic heterocycles. The summed E-state index contributed by atoms with van der Waals surface area (Å²) in [6.45, 7) is 10.3. The normalized spacial score (nSPS) is 17.5. The van der Waals surface area contributed by atoms with E-state index >= 15 is 0 Å². The maximum Gasteiger partial charge on any atom is 0.243 e. The van der Waals surface area contributed by atoms with Crippen molar-refractivity contribution in [2.24, 2.45) is 0 Å². The topological polar surface area (TPSA) is 46.3 Å². The Morgan fingerprint density at radius 1 is 1.50 bits per heavy atom. The average Bonchev–Trinajstić information content (AvgIpc) is 2.23. The summed E-state index contributed by atoms with van der Waals surface area (Å²) in [6.07, 6.45) is 0. The average molecular weight is 262 g/mol. The molecule has 1 aromatic carbocycles. The molecule has 2 rings (SSSR count). The van der Waals surface area contributed by atoms with Crippen molar-refractivity contribution in [3.05, 3.63) is 30.4 Å². The smallest absolute Gasteiger partial charge is 0.243 e. The predicted molar refractivity (Wildman–Crippen MR) is 78.0 cm³/mol. The van der Waals surface area contributed by atoms with Crippen molar-refractivity contribution < 1.29 is 4.79 Å². The second-order valence-corrected chi connectivity index (χ2v) is 6.85. The van der Waals surface area contributed by atoms with E-state index in [4.69, 9.17) is 5.73 Å². The summed E-state index contributed by atoms with van der Waals surface area (Å²) in [5, 5.41) is 0. The lowest BCUT2D eigenvalue weighted by molar-refractivity contribution is -0.120. The molecule has 0 bridgehead atoms. The van der Waals surface area contributed by atoms with Crippen molar-refractivity contribution >= 4 is 29.0 Å². The Bertz CT molecular complexity index is 523. The van der Waals surface area contributed by atoms with Gasteiger partial charge in [0.05, 0.1) is 10.4 Å². The van der Waals surface area contributed by atoms with E-state index in [0.717, 1.165) is 21.8 Å². The van der Waals surface area contributed by atoms with Crippen LogP contribution in [-0.4, -0.2) is 17.2 Å². The van der Waals surface area contributed by atoms with Crippen molar-refractivity contribution in [1.29, 1.82) is 0 Å². The monoisotopic (exact) mass is 262 g/mol. The Balaban J connectivity index is 2.52. The van der Waals surface area contributed by atoms with Crippen LogP contribution in [0.2, 0.25) is 0 Å². The lowest BCUT2D eigenvalue weighted by Gasteiger charge is -2.38. The first-order chi connectivity index (χ1) is 8.31. The molecule has 1 aromatic rings. The van der Waals surface area contributed by atoms with Crippen LogP contribution in [0, 0.1) is 0 Å². The van der Waals surface area contributed by atoms with Gasteiger partial charge in [-0.15, -0.1) is 11.8 Å². The molecule has 18 heavy (non-hydrogen) atoms. The molecular formula is C14H18N2OS. The molecule has 96 valence electrons. The molecule has 0 unspecified atom stereocenters.